The molecule has 6 nitrogen and oxygen atoms in total. The Bertz CT molecular complexity index is 1050. The lowest BCUT2D eigenvalue weighted by atomic mass is 9.99. The highest BCUT2D eigenvalue weighted by Crippen LogP contribution is 2.31. The summed E-state index contributed by atoms with van der Waals surface area (Å²) in [4.78, 5) is 27.5. The largest absolute Gasteiger partial charge is 0.507 e. The number of carbonyl (C=O) groups is 1. The number of para-hydroxylation sites is 2. The number of hydrogen-bond donors (Lipinski definition) is 2. The van der Waals surface area contributed by atoms with Gasteiger partial charge >= 0.3 is 5.97 Å². The Morgan fingerprint density at radius 1 is 1.23 bits per heavy atom. The predicted molar refractivity (Wildman–Crippen MR) is 100 cm³/mol. The minimum Gasteiger partial charge on any atom is -0.507 e. The Hall–Kier alpha value is -3.41. The van der Waals surface area contributed by atoms with Crippen LogP contribution in [0, 0.1) is 6.92 Å². The summed E-state index contributed by atoms with van der Waals surface area (Å²) in [6.45, 7) is 8.87. The van der Waals surface area contributed by atoms with Crippen LogP contribution in [0.5, 0.6) is 0 Å². The van der Waals surface area contributed by atoms with Crippen LogP contribution < -0.4 is 5.43 Å². The summed E-state index contributed by atoms with van der Waals surface area (Å²) in [5.74, 6) is -1.47. The summed E-state index contributed by atoms with van der Waals surface area (Å²) >= 11 is 0. The van der Waals surface area contributed by atoms with Gasteiger partial charge in [0.05, 0.1) is 11.1 Å². The van der Waals surface area contributed by atoms with Gasteiger partial charge in [-0.2, -0.15) is 0 Å². The van der Waals surface area contributed by atoms with Crippen LogP contribution in [0.1, 0.15) is 25.0 Å². The van der Waals surface area contributed by atoms with E-state index in [1.165, 1.54) is 13.0 Å². The minimum atomic E-state index is -1.27. The second-order valence-corrected chi connectivity index (χ2v) is 5.26. The minimum absolute atomic E-state index is 0.134. The van der Waals surface area contributed by atoms with Crippen molar-refractivity contribution in [3.63, 3.8) is 0 Å². The van der Waals surface area contributed by atoms with Crippen molar-refractivity contribution >= 4 is 22.8 Å². The molecule has 0 saturated heterocycles. The molecule has 1 aliphatic carbocycles. The SMILES string of the molecule is C=C(/C=C(/O)c1c2nc3ccccc3oc-2cc(=O)c1C)C(=O)O.CC. The molecule has 0 radical (unpaired) electrons. The molecule has 6 heteroatoms. The zero-order valence-corrected chi connectivity index (χ0v) is 14.7. The predicted octanol–water partition coefficient (Wildman–Crippen LogP) is 4.17. The number of aliphatic hydroxyl groups excluding tert-OH is 1. The number of aromatic nitrogens is 1. The number of carboxylic acids is 1. The van der Waals surface area contributed by atoms with Gasteiger partial charge in [0.2, 0.25) is 0 Å². The molecular weight excluding hydrogens is 334 g/mol. The normalized spacial score (nSPS) is 11.1. The fourth-order valence-corrected chi connectivity index (χ4v) is 2.40. The molecule has 0 amide bonds. The van der Waals surface area contributed by atoms with Crippen molar-refractivity contribution in [1.82, 2.24) is 4.98 Å². The van der Waals surface area contributed by atoms with Crippen molar-refractivity contribution in [2.75, 3.05) is 0 Å². The molecule has 1 aliphatic heterocycles. The average molecular weight is 353 g/mol. The molecule has 0 atom stereocenters. The Morgan fingerprint density at radius 3 is 2.54 bits per heavy atom. The number of fused-ring (bicyclic) bond motifs is 2. The van der Waals surface area contributed by atoms with Crippen molar-refractivity contribution < 1.29 is 19.4 Å². The van der Waals surface area contributed by atoms with E-state index in [0.29, 0.717) is 11.1 Å². The van der Waals surface area contributed by atoms with Gasteiger partial charge in [0.15, 0.2) is 16.8 Å². The third-order valence-electron chi connectivity index (χ3n) is 3.64. The molecule has 3 rings (SSSR count). The first-order chi connectivity index (χ1) is 12.4. The lowest BCUT2D eigenvalue weighted by Crippen LogP contribution is -2.11. The molecule has 0 spiro atoms. The highest BCUT2D eigenvalue weighted by Gasteiger charge is 2.21. The number of carboxylic acid groups (broad SMARTS) is 1. The summed E-state index contributed by atoms with van der Waals surface area (Å²) in [6, 6.07) is 8.31. The highest BCUT2D eigenvalue weighted by molar-refractivity contribution is 5.92. The maximum absolute atomic E-state index is 12.1. The van der Waals surface area contributed by atoms with Crippen LogP contribution in [0.15, 0.2) is 57.8 Å². The third-order valence-corrected chi connectivity index (χ3v) is 3.64. The molecule has 2 aliphatic rings. The van der Waals surface area contributed by atoms with Crippen LogP contribution in [0.2, 0.25) is 0 Å². The second kappa shape index (κ2) is 7.65. The number of aliphatic carboxylic acids is 1. The smallest absolute Gasteiger partial charge is 0.335 e. The van der Waals surface area contributed by atoms with E-state index in [0.717, 1.165) is 6.08 Å². The van der Waals surface area contributed by atoms with E-state index >= 15 is 0 Å². The molecule has 0 saturated carbocycles. The molecule has 1 heterocycles. The van der Waals surface area contributed by atoms with Crippen LogP contribution in [0.25, 0.3) is 28.3 Å². The number of nitrogens with zero attached hydrogens (tertiary/aromatic N) is 1. The van der Waals surface area contributed by atoms with Crippen LogP contribution in [0.4, 0.5) is 0 Å². The van der Waals surface area contributed by atoms with Crippen LogP contribution in [-0.2, 0) is 4.79 Å². The zero-order valence-electron chi connectivity index (χ0n) is 14.7. The topological polar surface area (TPSA) is 101 Å². The molecule has 0 aromatic heterocycles. The molecule has 0 fully saturated rings. The number of benzene rings is 2. The summed E-state index contributed by atoms with van der Waals surface area (Å²) < 4.78 is 5.69. The van der Waals surface area contributed by atoms with Crippen molar-refractivity contribution in [3.8, 4) is 11.5 Å². The second-order valence-electron chi connectivity index (χ2n) is 5.26. The highest BCUT2D eigenvalue weighted by atomic mass is 16.4. The average Bonchev–Trinajstić information content (AvgIpc) is 2.62. The quantitative estimate of drug-likeness (QED) is 0.317. The monoisotopic (exact) mass is 353 g/mol. The number of aliphatic hydroxyl groups is 1. The molecule has 26 heavy (non-hydrogen) atoms. The van der Waals surface area contributed by atoms with E-state index in [4.69, 9.17) is 9.52 Å². The van der Waals surface area contributed by atoms with E-state index in [9.17, 15) is 14.7 Å². The first-order valence-corrected chi connectivity index (χ1v) is 8.05. The van der Waals surface area contributed by atoms with Gasteiger partial charge < -0.3 is 14.6 Å². The van der Waals surface area contributed by atoms with E-state index in [-0.39, 0.29) is 33.6 Å². The van der Waals surface area contributed by atoms with Crippen molar-refractivity contribution in [3.05, 3.63) is 69.9 Å². The van der Waals surface area contributed by atoms with E-state index in [1.807, 2.05) is 13.8 Å². The Balaban J connectivity index is 0.00000117. The third kappa shape index (κ3) is 3.49. The molecule has 0 bridgehead atoms. The summed E-state index contributed by atoms with van der Waals surface area (Å²) in [7, 11) is 0. The van der Waals surface area contributed by atoms with E-state index in [2.05, 4.69) is 11.6 Å². The Labute approximate surface area is 150 Å². The van der Waals surface area contributed by atoms with Gasteiger partial charge in [-0.25, -0.2) is 9.78 Å². The molecule has 134 valence electrons. The van der Waals surface area contributed by atoms with Gasteiger partial charge in [-0.1, -0.05) is 32.6 Å². The van der Waals surface area contributed by atoms with Crippen LogP contribution >= 0.6 is 0 Å². The van der Waals surface area contributed by atoms with Gasteiger partial charge in [0.1, 0.15) is 17.0 Å². The van der Waals surface area contributed by atoms with Gasteiger partial charge in [0.25, 0.3) is 0 Å². The van der Waals surface area contributed by atoms with E-state index in [1.54, 1.807) is 24.3 Å². The van der Waals surface area contributed by atoms with Crippen molar-refractivity contribution in [2.45, 2.75) is 20.8 Å². The zero-order chi connectivity index (χ0) is 19.4. The number of hydrogen-bond acceptors (Lipinski definition) is 5. The maximum Gasteiger partial charge on any atom is 0.335 e. The fraction of sp³-hybridized carbons (Fsp3) is 0.150. The van der Waals surface area contributed by atoms with Crippen molar-refractivity contribution in [2.24, 2.45) is 0 Å². The molecule has 1 aromatic rings. The molecular formula is C20H19NO5. The standard InChI is InChI=1S/C18H13NO5.C2H6/c1-9(18(22)23)7-13(21)16-10(2)12(20)8-15-17(16)19-11-5-3-4-6-14(11)24-15;1-2/h3-8,21H,1H2,2H3,(H,22,23);1-2H3/b13-7+;. The van der Waals surface area contributed by atoms with Gasteiger partial charge in [-0.05, 0) is 25.1 Å². The van der Waals surface area contributed by atoms with Crippen molar-refractivity contribution in [1.29, 1.82) is 0 Å². The Kier molecular flexibility index (Phi) is 5.57. The summed E-state index contributed by atoms with van der Waals surface area (Å²) in [5.41, 5.74) is 1.04. The molecule has 0 unspecified atom stereocenters. The van der Waals surface area contributed by atoms with Crippen LogP contribution in [-0.4, -0.2) is 21.2 Å². The van der Waals surface area contributed by atoms with E-state index < -0.39 is 11.7 Å². The lowest BCUT2D eigenvalue weighted by Gasteiger charge is -2.13. The van der Waals surface area contributed by atoms with Gasteiger partial charge in [-0.3, -0.25) is 4.79 Å². The number of rotatable bonds is 3. The molecule has 1 aromatic carbocycles. The lowest BCUT2D eigenvalue weighted by molar-refractivity contribution is -0.132. The first kappa shape index (κ1) is 18.9. The Morgan fingerprint density at radius 2 is 1.88 bits per heavy atom. The van der Waals surface area contributed by atoms with Gasteiger partial charge in [0, 0.05) is 11.6 Å². The summed E-state index contributed by atoms with van der Waals surface area (Å²) in [5, 5.41) is 19.2. The van der Waals surface area contributed by atoms with Crippen LogP contribution in [0.3, 0.4) is 0 Å². The summed E-state index contributed by atoms with van der Waals surface area (Å²) in [6.07, 6.45) is 0.987. The fourth-order valence-electron chi connectivity index (χ4n) is 2.40. The maximum atomic E-state index is 12.1. The van der Waals surface area contributed by atoms with Gasteiger partial charge in [-0.15, -0.1) is 0 Å². The molecule has 2 N–H and O–H groups in total. The first-order valence-electron chi connectivity index (χ1n) is 8.05.